The van der Waals surface area contributed by atoms with Crippen LogP contribution in [0.2, 0.25) is 0 Å². The van der Waals surface area contributed by atoms with Crippen molar-refractivity contribution < 1.29 is 28.9 Å². The Balaban J connectivity index is 3.77. The van der Waals surface area contributed by atoms with Crippen LogP contribution in [0.4, 0.5) is 0 Å². The van der Waals surface area contributed by atoms with Crippen molar-refractivity contribution in [2.75, 3.05) is 13.2 Å². The summed E-state index contributed by atoms with van der Waals surface area (Å²) in [5.41, 5.74) is 0. The second-order valence-electron chi connectivity index (χ2n) is 3.89. The molecule has 6 heteroatoms. The van der Waals surface area contributed by atoms with Crippen LogP contribution in [-0.2, 0) is 23.8 Å². The molecule has 106 valence electrons. The molecule has 1 N–H and O–H groups in total. The maximum atomic E-state index is 11.2. The fraction of sp³-hybridized carbons (Fsp3) is 0.833. The molecule has 2 atom stereocenters. The molecule has 0 aliphatic rings. The standard InChI is InChI=1S/C12H22O6/c1-4-6-7-16-11(14)12(15)17-8-10(13)18-9(3)5-2/h9,12,15H,4-8H2,1-3H3. The van der Waals surface area contributed by atoms with Gasteiger partial charge in [0.15, 0.2) is 0 Å². The van der Waals surface area contributed by atoms with E-state index in [4.69, 9.17) is 9.47 Å². The Morgan fingerprint density at radius 1 is 1.28 bits per heavy atom. The van der Waals surface area contributed by atoms with Crippen molar-refractivity contribution in [1.82, 2.24) is 0 Å². The van der Waals surface area contributed by atoms with Gasteiger partial charge in [-0.1, -0.05) is 20.3 Å². The van der Waals surface area contributed by atoms with Crippen LogP contribution in [0, 0.1) is 0 Å². The van der Waals surface area contributed by atoms with Gasteiger partial charge < -0.3 is 19.3 Å². The third-order valence-electron chi connectivity index (χ3n) is 2.21. The zero-order valence-corrected chi connectivity index (χ0v) is 11.2. The minimum atomic E-state index is -1.74. The summed E-state index contributed by atoms with van der Waals surface area (Å²) < 4.78 is 14.3. The van der Waals surface area contributed by atoms with Gasteiger partial charge in [-0.3, -0.25) is 0 Å². The van der Waals surface area contributed by atoms with E-state index in [9.17, 15) is 14.7 Å². The lowest BCUT2D eigenvalue weighted by molar-refractivity contribution is -0.189. The first-order valence-corrected chi connectivity index (χ1v) is 6.17. The first kappa shape index (κ1) is 16.9. The Kier molecular flexibility index (Phi) is 9.22. The van der Waals surface area contributed by atoms with Gasteiger partial charge in [-0.05, 0) is 19.8 Å². The van der Waals surface area contributed by atoms with Gasteiger partial charge >= 0.3 is 11.9 Å². The fourth-order valence-electron chi connectivity index (χ4n) is 0.945. The number of aliphatic hydroxyl groups is 1. The predicted molar refractivity (Wildman–Crippen MR) is 63.7 cm³/mol. The van der Waals surface area contributed by atoms with Crippen molar-refractivity contribution in [1.29, 1.82) is 0 Å². The quantitative estimate of drug-likeness (QED) is 0.379. The van der Waals surface area contributed by atoms with E-state index < -0.39 is 24.8 Å². The molecule has 0 amide bonds. The summed E-state index contributed by atoms with van der Waals surface area (Å²) in [5, 5.41) is 9.25. The summed E-state index contributed by atoms with van der Waals surface area (Å²) >= 11 is 0. The first-order valence-electron chi connectivity index (χ1n) is 6.17. The van der Waals surface area contributed by atoms with Gasteiger partial charge in [0.05, 0.1) is 12.7 Å². The van der Waals surface area contributed by atoms with Gasteiger partial charge in [0.25, 0.3) is 6.29 Å². The third-order valence-corrected chi connectivity index (χ3v) is 2.21. The van der Waals surface area contributed by atoms with Crippen LogP contribution in [0.25, 0.3) is 0 Å². The molecule has 6 nitrogen and oxygen atoms in total. The second kappa shape index (κ2) is 9.85. The topological polar surface area (TPSA) is 82.1 Å². The van der Waals surface area contributed by atoms with E-state index >= 15 is 0 Å². The van der Waals surface area contributed by atoms with E-state index in [1.807, 2.05) is 13.8 Å². The Bertz CT molecular complexity index is 253. The molecule has 0 saturated carbocycles. The van der Waals surface area contributed by atoms with Crippen molar-refractivity contribution in [3.63, 3.8) is 0 Å². The molecule has 0 saturated heterocycles. The molecule has 0 rings (SSSR count). The molecule has 2 unspecified atom stereocenters. The number of unbranched alkanes of at least 4 members (excludes halogenated alkanes) is 1. The number of ether oxygens (including phenoxy) is 3. The predicted octanol–water partition coefficient (Wildman–Crippen LogP) is 1.01. The summed E-state index contributed by atoms with van der Waals surface area (Å²) in [6.07, 6.45) is 0.328. The van der Waals surface area contributed by atoms with E-state index in [2.05, 4.69) is 4.74 Å². The van der Waals surface area contributed by atoms with Gasteiger partial charge in [0, 0.05) is 0 Å². The van der Waals surface area contributed by atoms with E-state index in [0.717, 1.165) is 6.42 Å². The lowest BCUT2D eigenvalue weighted by Gasteiger charge is -2.13. The minimum absolute atomic E-state index is 0.213. The number of carbonyl (C=O) groups excluding carboxylic acids is 2. The van der Waals surface area contributed by atoms with Gasteiger partial charge in [0.1, 0.15) is 6.61 Å². The van der Waals surface area contributed by atoms with Crippen LogP contribution in [0.5, 0.6) is 0 Å². The lowest BCUT2D eigenvalue weighted by atomic mass is 10.3. The second-order valence-corrected chi connectivity index (χ2v) is 3.89. The van der Waals surface area contributed by atoms with Crippen LogP contribution < -0.4 is 0 Å². The van der Waals surface area contributed by atoms with Crippen molar-refractivity contribution >= 4 is 11.9 Å². The Morgan fingerprint density at radius 3 is 2.50 bits per heavy atom. The minimum Gasteiger partial charge on any atom is -0.462 e. The molecule has 18 heavy (non-hydrogen) atoms. The van der Waals surface area contributed by atoms with E-state index in [1.165, 1.54) is 0 Å². The smallest absolute Gasteiger partial charge is 0.363 e. The average Bonchev–Trinajstić information content (AvgIpc) is 2.35. The molecule has 0 aliphatic heterocycles. The van der Waals surface area contributed by atoms with Crippen LogP contribution >= 0.6 is 0 Å². The largest absolute Gasteiger partial charge is 0.462 e. The van der Waals surface area contributed by atoms with E-state index in [1.54, 1.807) is 6.92 Å². The Labute approximate surface area is 107 Å². The van der Waals surface area contributed by atoms with Crippen molar-refractivity contribution in [2.45, 2.75) is 52.4 Å². The van der Waals surface area contributed by atoms with E-state index in [-0.39, 0.29) is 12.7 Å². The van der Waals surface area contributed by atoms with Gasteiger partial charge in [-0.25, -0.2) is 9.59 Å². The van der Waals surface area contributed by atoms with Gasteiger partial charge in [-0.2, -0.15) is 0 Å². The summed E-state index contributed by atoms with van der Waals surface area (Å²) in [4.78, 5) is 22.3. The maximum Gasteiger partial charge on any atom is 0.363 e. The average molecular weight is 262 g/mol. The molecule has 0 aromatic rings. The number of hydrogen-bond donors (Lipinski definition) is 1. The molecular formula is C12H22O6. The molecule has 0 radical (unpaired) electrons. The highest BCUT2D eigenvalue weighted by Gasteiger charge is 2.19. The molecule has 0 aromatic heterocycles. The molecular weight excluding hydrogens is 240 g/mol. The highest BCUT2D eigenvalue weighted by atomic mass is 16.7. The summed E-state index contributed by atoms with van der Waals surface area (Å²) in [6, 6.07) is 0. The Hall–Kier alpha value is -1.14. The molecule has 0 aromatic carbocycles. The number of esters is 2. The number of rotatable bonds is 9. The SMILES string of the molecule is CCCCOC(=O)C(O)OCC(=O)OC(C)CC. The molecule has 0 bridgehead atoms. The van der Waals surface area contributed by atoms with Gasteiger partial charge in [-0.15, -0.1) is 0 Å². The van der Waals surface area contributed by atoms with Crippen LogP contribution in [0.15, 0.2) is 0 Å². The lowest BCUT2D eigenvalue weighted by Crippen LogP contribution is -2.30. The first-order chi connectivity index (χ1) is 8.51. The molecule has 0 fully saturated rings. The molecule has 0 aliphatic carbocycles. The molecule has 0 heterocycles. The summed E-state index contributed by atoms with van der Waals surface area (Å²) in [5.74, 6) is -1.51. The van der Waals surface area contributed by atoms with E-state index in [0.29, 0.717) is 12.8 Å². The number of aliphatic hydroxyl groups excluding tert-OH is 1. The maximum absolute atomic E-state index is 11.2. The normalized spacial score (nSPS) is 13.8. The zero-order valence-electron chi connectivity index (χ0n) is 11.2. The molecule has 0 spiro atoms. The zero-order chi connectivity index (χ0) is 14.0. The Morgan fingerprint density at radius 2 is 1.94 bits per heavy atom. The van der Waals surface area contributed by atoms with Crippen LogP contribution in [0.1, 0.15) is 40.0 Å². The highest BCUT2D eigenvalue weighted by Crippen LogP contribution is 1.99. The van der Waals surface area contributed by atoms with Crippen LogP contribution in [-0.4, -0.2) is 42.7 Å². The number of hydrogen-bond acceptors (Lipinski definition) is 6. The van der Waals surface area contributed by atoms with Crippen molar-refractivity contribution in [3.05, 3.63) is 0 Å². The van der Waals surface area contributed by atoms with Crippen molar-refractivity contribution in [3.8, 4) is 0 Å². The van der Waals surface area contributed by atoms with Gasteiger partial charge in [0.2, 0.25) is 0 Å². The summed E-state index contributed by atoms with van der Waals surface area (Å²) in [7, 11) is 0. The van der Waals surface area contributed by atoms with Crippen molar-refractivity contribution in [2.24, 2.45) is 0 Å². The summed E-state index contributed by atoms with van der Waals surface area (Å²) in [6.45, 7) is 5.32. The highest BCUT2D eigenvalue weighted by molar-refractivity contribution is 5.74. The number of carbonyl (C=O) groups is 2. The third kappa shape index (κ3) is 8.03. The monoisotopic (exact) mass is 262 g/mol. The fourth-order valence-corrected chi connectivity index (χ4v) is 0.945. The van der Waals surface area contributed by atoms with Crippen LogP contribution in [0.3, 0.4) is 0 Å².